The minimum Gasteiger partial charge on any atom is -0.342 e. The molecule has 1 aromatic carbocycles. The molecule has 2 amide bonds. The predicted octanol–water partition coefficient (Wildman–Crippen LogP) is 2.15. The van der Waals surface area contributed by atoms with Crippen molar-refractivity contribution in [3.63, 3.8) is 0 Å². The molecule has 0 bridgehead atoms. The highest BCUT2D eigenvalue weighted by atomic mass is 32.2. The maximum absolute atomic E-state index is 12.8. The van der Waals surface area contributed by atoms with E-state index >= 15 is 0 Å². The highest BCUT2D eigenvalue weighted by Gasteiger charge is 2.37. The molecule has 3 rings (SSSR count). The van der Waals surface area contributed by atoms with Crippen LogP contribution in [-0.2, 0) is 25.6 Å². The van der Waals surface area contributed by atoms with Crippen molar-refractivity contribution in [2.75, 3.05) is 23.9 Å². The molecule has 1 fully saturated rings. The first-order valence-electron chi connectivity index (χ1n) is 8.11. The first-order chi connectivity index (χ1) is 12.5. The van der Waals surface area contributed by atoms with Crippen LogP contribution in [0.15, 0.2) is 23.1 Å². The molecule has 27 heavy (non-hydrogen) atoms. The number of anilines is 1. The number of amides is 2. The van der Waals surface area contributed by atoms with Gasteiger partial charge in [-0.15, -0.1) is 11.8 Å². The second-order valence-electron chi connectivity index (χ2n) is 6.57. The summed E-state index contributed by atoms with van der Waals surface area (Å²) in [7, 11) is -1.64. The van der Waals surface area contributed by atoms with E-state index in [1.807, 2.05) is 0 Å². The van der Waals surface area contributed by atoms with E-state index in [2.05, 4.69) is 5.32 Å². The standard InChI is InChI=1S/C16H17F3N2O4S2/c1-21(10-4-5-27(24,25)8-10)14(22)7-13-15(23)20-11-6-9(16(17,18)19)2-3-12(11)26-13/h2-3,6,10,13H,4-5,7-8H2,1H3,(H,20,23)/t10-,13-/m0/s1. The number of alkyl halides is 3. The van der Waals surface area contributed by atoms with Crippen LogP contribution in [0, 0.1) is 0 Å². The monoisotopic (exact) mass is 422 g/mol. The van der Waals surface area contributed by atoms with E-state index in [1.54, 1.807) is 0 Å². The minimum absolute atomic E-state index is 0.0306. The number of halogens is 3. The van der Waals surface area contributed by atoms with Crippen molar-refractivity contribution in [1.82, 2.24) is 4.90 Å². The summed E-state index contributed by atoms with van der Waals surface area (Å²) in [5, 5.41) is 1.63. The van der Waals surface area contributed by atoms with Crippen LogP contribution in [0.25, 0.3) is 0 Å². The van der Waals surface area contributed by atoms with Gasteiger partial charge in [0, 0.05) is 24.4 Å². The first-order valence-corrected chi connectivity index (χ1v) is 10.8. The summed E-state index contributed by atoms with van der Waals surface area (Å²) in [5.41, 5.74) is -0.794. The van der Waals surface area contributed by atoms with Gasteiger partial charge in [0.15, 0.2) is 9.84 Å². The van der Waals surface area contributed by atoms with E-state index in [4.69, 9.17) is 0 Å². The Balaban J connectivity index is 1.69. The normalized spacial score (nSPS) is 24.2. The Bertz CT molecular complexity index is 886. The molecule has 6 nitrogen and oxygen atoms in total. The third kappa shape index (κ3) is 4.40. The Hall–Kier alpha value is -1.75. The molecule has 2 atom stereocenters. The van der Waals surface area contributed by atoms with Gasteiger partial charge in [-0.25, -0.2) is 8.42 Å². The maximum atomic E-state index is 12.8. The number of nitrogens with one attached hydrogen (secondary N) is 1. The lowest BCUT2D eigenvalue weighted by Crippen LogP contribution is -2.41. The molecule has 2 aliphatic heterocycles. The van der Waals surface area contributed by atoms with Crippen molar-refractivity contribution in [2.45, 2.75) is 35.2 Å². The van der Waals surface area contributed by atoms with E-state index in [9.17, 15) is 31.2 Å². The summed E-state index contributed by atoms with van der Waals surface area (Å²) < 4.78 is 61.5. The van der Waals surface area contributed by atoms with E-state index in [1.165, 1.54) is 18.0 Å². The van der Waals surface area contributed by atoms with Crippen LogP contribution in [0.3, 0.4) is 0 Å². The Morgan fingerprint density at radius 1 is 1.37 bits per heavy atom. The number of rotatable bonds is 3. The van der Waals surface area contributed by atoms with Crippen molar-refractivity contribution in [1.29, 1.82) is 0 Å². The summed E-state index contributed by atoms with van der Waals surface area (Å²) >= 11 is 1.03. The Kier molecular flexibility index (Phi) is 5.19. The lowest BCUT2D eigenvalue weighted by Gasteiger charge is -2.28. The molecule has 1 aromatic rings. The zero-order chi connectivity index (χ0) is 20.0. The fraction of sp³-hybridized carbons (Fsp3) is 0.500. The summed E-state index contributed by atoms with van der Waals surface area (Å²) in [5.74, 6) is -0.988. The summed E-state index contributed by atoms with van der Waals surface area (Å²) in [4.78, 5) is 26.5. The zero-order valence-corrected chi connectivity index (χ0v) is 15.9. The van der Waals surface area contributed by atoms with Gasteiger partial charge >= 0.3 is 6.18 Å². The number of fused-ring (bicyclic) bond motifs is 1. The zero-order valence-electron chi connectivity index (χ0n) is 14.2. The van der Waals surface area contributed by atoms with E-state index in [-0.39, 0.29) is 29.5 Å². The molecule has 2 heterocycles. The molecule has 0 aliphatic carbocycles. The number of nitrogens with zero attached hydrogens (tertiary/aromatic N) is 1. The van der Waals surface area contributed by atoms with Crippen LogP contribution in [-0.4, -0.2) is 55.0 Å². The van der Waals surface area contributed by atoms with Crippen molar-refractivity contribution >= 4 is 39.1 Å². The maximum Gasteiger partial charge on any atom is 0.416 e. The third-order valence-corrected chi connectivity index (χ3v) is 7.66. The molecule has 1 N–H and O–H groups in total. The van der Waals surface area contributed by atoms with Crippen LogP contribution in [0.5, 0.6) is 0 Å². The lowest BCUT2D eigenvalue weighted by molar-refractivity contribution is -0.137. The molecule has 0 saturated carbocycles. The second-order valence-corrected chi connectivity index (χ2v) is 10.0. The minimum atomic E-state index is -4.51. The third-order valence-electron chi connectivity index (χ3n) is 4.64. The Morgan fingerprint density at radius 2 is 2.07 bits per heavy atom. The molecule has 0 radical (unpaired) electrons. The number of hydrogen-bond acceptors (Lipinski definition) is 5. The molecule has 148 valence electrons. The summed E-state index contributed by atoms with van der Waals surface area (Å²) in [6.45, 7) is 0. The second kappa shape index (κ2) is 7.01. The largest absolute Gasteiger partial charge is 0.416 e. The van der Waals surface area contributed by atoms with Gasteiger partial charge < -0.3 is 10.2 Å². The van der Waals surface area contributed by atoms with Gasteiger partial charge in [0.05, 0.1) is 28.0 Å². The first kappa shape index (κ1) is 20.0. The fourth-order valence-corrected chi connectivity index (χ4v) is 5.90. The van der Waals surface area contributed by atoms with Gasteiger partial charge in [-0.05, 0) is 24.6 Å². The van der Waals surface area contributed by atoms with Crippen LogP contribution in [0.1, 0.15) is 18.4 Å². The summed E-state index contributed by atoms with van der Waals surface area (Å²) in [6.07, 6.45) is -4.32. The number of thioether (sulfide) groups is 1. The van der Waals surface area contributed by atoms with Gasteiger partial charge in [0.25, 0.3) is 0 Å². The number of carbonyl (C=O) groups excluding carboxylic acids is 2. The number of carbonyl (C=O) groups is 2. The quantitative estimate of drug-likeness (QED) is 0.807. The van der Waals surface area contributed by atoms with Gasteiger partial charge in [0.1, 0.15) is 0 Å². The van der Waals surface area contributed by atoms with Crippen molar-refractivity contribution in [3.8, 4) is 0 Å². The van der Waals surface area contributed by atoms with Crippen molar-refractivity contribution in [2.24, 2.45) is 0 Å². The Morgan fingerprint density at radius 3 is 2.67 bits per heavy atom. The molecule has 2 aliphatic rings. The van der Waals surface area contributed by atoms with Gasteiger partial charge in [-0.2, -0.15) is 13.2 Å². The molecule has 0 spiro atoms. The highest BCUT2D eigenvalue weighted by molar-refractivity contribution is 8.01. The molecular formula is C16H17F3N2O4S2. The van der Waals surface area contributed by atoms with Crippen molar-refractivity contribution < 1.29 is 31.2 Å². The lowest BCUT2D eigenvalue weighted by atomic mass is 10.1. The van der Waals surface area contributed by atoms with E-state index in [0.717, 1.165) is 23.9 Å². The van der Waals surface area contributed by atoms with Crippen LogP contribution < -0.4 is 5.32 Å². The highest BCUT2D eigenvalue weighted by Crippen LogP contribution is 2.40. The molecular weight excluding hydrogens is 405 g/mol. The topological polar surface area (TPSA) is 83.6 Å². The molecule has 0 aromatic heterocycles. The predicted molar refractivity (Wildman–Crippen MR) is 94.2 cm³/mol. The van der Waals surface area contributed by atoms with E-state index < -0.39 is 38.8 Å². The number of hydrogen-bond donors (Lipinski definition) is 1. The van der Waals surface area contributed by atoms with Crippen molar-refractivity contribution in [3.05, 3.63) is 23.8 Å². The molecule has 0 unspecified atom stereocenters. The van der Waals surface area contributed by atoms with Crippen LogP contribution in [0.4, 0.5) is 18.9 Å². The average molecular weight is 422 g/mol. The van der Waals surface area contributed by atoms with Gasteiger partial charge in [-0.1, -0.05) is 0 Å². The van der Waals surface area contributed by atoms with Crippen LogP contribution in [0.2, 0.25) is 0 Å². The fourth-order valence-electron chi connectivity index (χ4n) is 3.05. The van der Waals surface area contributed by atoms with Crippen LogP contribution >= 0.6 is 11.8 Å². The number of sulfone groups is 1. The Labute approximate surface area is 158 Å². The van der Waals surface area contributed by atoms with Gasteiger partial charge in [-0.3, -0.25) is 9.59 Å². The van der Waals surface area contributed by atoms with Gasteiger partial charge in [0.2, 0.25) is 11.8 Å². The number of benzene rings is 1. The molecule has 11 heteroatoms. The summed E-state index contributed by atoms with van der Waals surface area (Å²) in [6, 6.07) is 2.65. The molecule has 1 saturated heterocycles. The smallest absolute Gasteiger partial charge is 0.342 e. The van der Waals surface area contributed by atoms with E-state index in [0.29, 0.717) is 11.3 Å². The SMILES string of the molecule is CN(C(=O)C[C@@H]1Sc2ccc(C(F)(F)F)cc2NC1=O)[C@H]1CCS(=O)(=O)C1. The average Bonchev–Trinajstić information content (AvgIpc) is 2.93.